The second kappa shape index (κ2) is 6.76. The Kier molecular flexibility index (Phi) is 5.16. The molecule has 9 heteroatoms. The van der Waals surface area contributed by atoms with Crippen LogP contribution in [-0.2, 0) is 5.54 Å². The van der Waals surface area contributed by atoms with Crippen molar-refractivity contribution in [3.8, 4) is 17.2 Å². The van der Waals surface area contributed by atoms with E-state index in [9.17, 15) is 13.2 Å². The molecule has 0 saturated heterocycles. The number of rotatable bonds is 4. The molecule has 0 aliphatic heterocycles. The molecule has 5 nitrogen and oxygen atoms in total. The highest BCUT2D eigenvalue weighted by Gasteiger charge is 2.36. The van der Waals surface area contributed by atoms with Gasteiger partial charge in [0.2, 0.25) is 0 Å². The van der Waals surface area contributed by atoms with Crippen LogP contribution in [0.4, 0.5) is 13.2 Å². The largest absolute Gasteiger partial charge is 0.434 e. The van der Waals surface area contributed by atoms with Gasteiger partial charge in [0.15, 0.2) is 5.82 Å². The van der Waals surface area contributed by atoms with Gasteiger partial charge >= 0.3 is 6.61 Å². The Morgan fingerprint density at radius 3 is 2.61 bits per heavy atom. The van der Waals surface area contributed by atoms with Crippen LogP contribution in [0.1, 0.15) is 31.5 Å². The zero-order valence-corrected chi connectivity index (χ0v) is 12.8. The summed E-state index contributed by atoms with van der Waals surface area (Å²) in [6.07, 6.45) is 3.40. The minimum atomic E-state index is -3.08. The van der Waals surface area contributed by atoms with Crippen molar-refractivity contribution < 1.29 is 22.4 Å². The van der Waals surface area contributed by atoms with Crippen LogP contribution in [0.5, 0.6) is 5.75 Å². The first-order valence-electron chi connectivity index (χ1n) is 6.86. The molecule has 23 heavy (non-hydrogen) atoms. The van der Waals surface area contributed by atoms with Gasteiger partial charge in [0.05, 0.1) is 11.1 Å². The first kappa shape index (κ1) is 17.6. The van der Waals surface area contributed by atoms with Crippen molar-refractivity contribution in [1.82, 2.24) is 10.1 Å². The van der Waals surface area contributed by atoms with Gasteiger partial charge in [0.1, 0.15) is 11.6 Å². The van der Waals surface area contributed by atoms with E-state index in [0.29, 0.717) is 5.82 Å². The van der Waals surface area contributed by atoms with Gasteiger partial charge in [-0.3, -0.25) is 0 Å². The fraction of sp³-hybridized carbons (Fsp3) is 0.429. The summed E-state index contributed by atoms with van der Waals surface area (Å²) < 4.78 is 47.5. The number of alkyl halides is 2. The topological polar surface area (TPSA) is 74.2 Å². The second-order valence-electron chi connectivity index (χ2n) is 5.31. The van der Waals surface area contributed by atoms with Gasteiger partial charge in [-0.15, -0.1) is 12.4 Å². The maximum absolute atomic E-state index is 13.2. The molecule has 0 atom stereocenters. The second-order valence-corrected chi connectivity index (χ2v) is 5.31. The van der Waals surface area contributed by atoms with E-state index in [1.165, 1.54) is 6.07 Å². The van der Waals surface area contributed by atoms with E-state index in [-0.39, 0.29) is 29.6 Å². The van der Waals surface area contributed by atoms with E-state index in [1.54, 1.807) is 0 Å². The van der Waals surface area contributed by atoms with Crippen LogP contribution in [0.2, 0.25) is 0 Å². The lowest BCUT2D eigenvalue weighted by Crippen LogP contribution is -2.34. The minimum Gasteiger partial charge on any atom is -0.434 e. The fourth-order valence-electron chi connectivity index (χ4n) is 2.63. The lowest BCUT2D eigenvalue weighted by Gasteiger charge is -2.17. The Morgan fingerprint density at radius 1 is 1.26 bits per heavy atom. The zero-order valence-electron chi connectivity index (χ0n) is 12.0. The number of hydrogen-bond donors (Lipinski definition) is 1. The molecule has 1 aliphatic rings. The molecule has 0 bridgehead atoms. The Bertz CT molecular complexity index is 675. The van der Waals surface area contributed by atoms with E-state index >= 15 is 0 Å². The highest BCUT2D eigenvalue weighted by atomic mass is 35.5. The third-order valence-corrected chi connectivity index (χ3v) is 3.76. The summed E-state index contributed by atoms with van der Waals surface area (Å²) in [5.41, 5.74) is 5.66. The van der Waals surface area contributed by atoms with Crippen LogP contribution >= 0.6 is 12.4 Å². The number of nitrogens with two attached hydrogens (primary N) is 1. The lowest BCUT2D eigenvalue weighted by molar-refractivity contribution is -0.0496. The number of benzene rings is 1. The van der Waals surface area contributed by atoms with Gasteiger partial charge in [-0.05, 0) is 25.0 Å². The van der Waals surface area contributed by atoms with Gasteiger partial charge in [0.25, 0.3) is 5.89 Å². The number of halogens is 4. The molecule has 1 aromatic carbocycles. The van der Waals surface area contributed by atoms with Gasteiger partial charge < -0.3 is 15.0 Å². The van der Waals surface area contributed by atoms with Gasteiger partial charge in [-0.1, -0.05) is 18.0 Å². The number of ether oxygens (including phenoxy) is 1. The molecule has 126 valence electrons. The van der Waals surface area contributed by atoms with Crippen molar-refractivity contribution in [3.63, 3.8) is 0 Å². The van der Waals surface area contributed by atoms with Crippen LogP contribution < -0.4 is 10.5 Å². The molecule has 3 rings (SSSR count). The van der Waals surface area contributed by atoms with Crippen molar-refractivity contribution in [2.24, 2.45) is 5.73 Å². The first-order valence-corrected chi connectivity index (χ1v) is 6.86. The summed E-state index contributed by atoms with van der Waals surface area (Å²) in [6, 6.07) is 3.20. The Labute approximate surface area is 136 Å². The number of aromatic nitrogens is 2. The molecule has 1 saturated carbocycles. The van der Waals surface area contributed by atoms with E-state index < -0.39 is 18.0 Å². The molecule has 0 spiro atoms. The standard InChI is InChI=1S/C14H14F3N3O2.ClH/c15-8-3-4-9(10(7-8)21-13(16)17)11-19-12(20-22-11)14(18)5-1-2-6-14;/h3-4,7,13H,1-2,5-6,18H2;1H. The molecule has 0 amide bonds. The molecule has 2 N–H and O–H groups in total. The molecular formula is C14H15ClF3N3O2. The average molecular weight is 350 g/mol. The summed E-state index contributed by atoms with van der Waals surface area (Å²) in [5, 5.41) is 3.84. The van der Waals surface area contributed by atoms with Crippen LogP contribution in [-0.4, -0.2) is 16.8 Å². The monoisotopic (exact) mass is 349 g/mol. The summed E-state index contributed by atoms with van der Waals surface area (Å²) in [6.45, 7) is -3.08. The summed E-state index contributed by atoms with van der Waals surface area (Å²) in [4.78, 5) is 4.18. The van der Waals surface area contributed by atoms with Crippen molar-refractivity contribution in [1.29, 1.82) is 0 Å². The molecule has 0 unspecified atom stereocenters. The molecule has 1 aliphatic carbocycles. The van der Waals surface area contributed by atoms with Crippen molar-refractivity contribution in [2.75, 3.05) is 0 Å². The molecule has 0 radical (unpaired) electrons. The first-order chi connectivity index (χ1) is 10.5. The number of nitrogens with zero attached hydrogens (tertiary/aromatic N) is 2. The molecule has 1 aromatic heterocycles. The average Bonchev–Trinajstić information content (AvgIpc) is 3.08. The van der Waals surface area contributed by atoms with E-state index in [1.807, 2.05) is 0 Å². The molecular weight excluding hydrogens is 335 g/mol. The molecule has 1 heterocycles. The molecule has 1 fully saturated rings. The van der Waals surface area contributed by atoms with Crippen LogP contribution in [0.15, 0.2) is 22.7 Å². The zero-order chi connectivity index (χ0) is 15.7. The van der Waals surface area contributed by atoms with Crippen LogP contribution in [0.25, 0.3) is 11.5 Å². The third kappa shape index (κ3) is 3.59. The summed E-state index contributed by atoms with van der Waals surface area (Å²) in [7, 11) is 0. The van der Waals surface area contributed by atoms with Gasteiger partial charge in [-0.2, -0.15) is 13.8 Å². The maximum Gasteiger partial charge on any atom is 0.387 e. The predicted octanol–water partition coefficient (Wildman–Crippen LogP) is 3.63. The number of hydrogen-bond acceptors (Lipinski definition) is 5. The van der Waals surface area contributed by atoms with Crippen molar-refractivity contribution in [2.45, 2.75) is 37.8 Å². The fourth-order valence-corrected chi connectivity index (χ4v) is 2.63. The van der Waals surface area contributed by atoms with E-state index in [4.69, 9.17) is 10.3 Å². The molecule has 2 aromatic rings. The van der Waals surface area contributed by atoms with E-state index in [0.717, 1.165) is 37.8 Å². The van der Waals surface area contributed by atoms with E-state index in [2.05, 4.69) is 14.9 Å². The van der Waals surface area contributed by atoms with Crippen molar-refractivity contribution >= 4 is 12.4 Å². The van der Waals surface area contributed by atoms with Gasteiger partial charge in [-0.25, -0.2) is 4.39 Å². The van der Waals surface area contributed by atoms with Crippen molar-refractivity contribution in [3.05, 3.63) is 29.8 Å². The SMILES string of the molecule is Cl.NC1(c2noc(-c3ccc(F)cc3OC(F)F)n2)CCCC1. The predicted molar refractivity (Wildman–Crippen MR) is 77.9 cm³/mol. The third-order valence-electron chi connectivity index (χ3n) is 3.76. The minimum absolute atomic E-state index is 0. The summed E-state index contributed by atoms with van der Waals surface area (Å²) in [5.74, 6) is -0.761. The smallest absolute Gasteiger partial charge is 0.387 e. The normalized spacial score (nSPS) is 16.4. The maximum atomic E-state index is 13.2. The quantitative estimate of drug-likeness (QED) is 0.912. The van der Waals surface area contributed by atoms with Gasteiger partial charge in [0, 0.05) is 6.07 Å². The highest BCUT2D eigenvalue weighted by Crippen LogP contribution is 2.37. The van der Waals surface area contributed by atoms with Crippen LogP contribution in [0, 0.1) is 5.82 Å². The Morgan fingerprint density at radius 2 is 1.96 bits per heavy atom. The highest BCUT2D eigenvalue weighted by molar-refractivity contribution is 5.85. The Balaban J connectivity index is 0.00000192. The van der Waals surface area contributed by atoms with Crippen LogP contribution in [0.3, 0.4) is 0 Å². The lowest BCUT2D eigenvalue weighted by atomic mass is 9.99. The summed E-state index contributed by atoms with van der Waals surface area (Å²) >= 11 is 0. The Hall–Kier alpha value is -1.80.